The van der Waals surface area contributed by atoms with Crippen LogP contribution in [0.15, 0.2) is 47.4 Å². The third kappa shape index (κ3) is 3.98. The van der Waals surface area contributed by atoms with E-state index in [9.17, 15) is 9.18 Å². The lowest BCUT2D eigenvalue weighted by molar-refractivity contribution is -0.119. The Labute approximate surface area is 143 Å². The molecule has 1 aliphatic rings. The zero-order valence-corrected chi connectivity index (χ0v) is 13.9. The van der Waals surface area contributed by atoms with Crippen molar-refractivity contribution < 1.29 is 13.9 Å². The van der Waals surface area contributed by atoms with Gasteiger partial charge in [-0.3, -0.25) is 4.79 Å². The van der Waals surface area contributed by atoms with Gasteiger partial charge in [0, 0.05) is 22.2 Å². The van der Waals surface area contributed by atoms with Gasteiger partial charge in [-0.2, -0.15) is 0 Å². The maximum atomic E-state index is 12.8. The number of nitrogens with zero attached hydrogens (tertiary/aromatic N) is 1. The smallest absolute Gasteiger partial charge is 0.230 e. The van der Waals surface area contributed by atoms with Gasteiger partial charge in [0.2, 0.25) is 5.91 Å². The molecule has 1 amide bonds. The minimum absolute atomic E-state index is 0.00377. The number of benzene rings is 2. The molecule has 0 radical (unpaired) electrons. The summed E-state index contributed by atoms with van der Waals surface area (Å²) in [6.45, 7) is 0.914. The van der Waals surface area contributed by atoms with Crippen molar-refractivity contribution in [3.8, 4) is 5.75 Å². The summed E-state index contributed by atoms with van der Waals surface area (Å²) >= 11 is 7.76. The Bertz CT molecular complexity index is 708. The zero-order valence-electron chi connectivity index (χ0n) is 12.3. The largest absolute Gasteiger partial charge is 0.493 e. The average Bonchev–Trinajstić information content (AvgIpc) is 2.56. The van der Waals surface area contributed by atoms with Crippen molar-refractivity contribution in [1.82, 2.24) is 0 Å². The number of rotatable bonds is 4. The van der Waals surface area contributed by atoms with Crippen LogP contribution in [0.3, 0.4) is 0 Å². The fraction of sp³-hybridized carbons (Fsp3) is 0.235. The molecule has 120 valence electrons. The number of hydrogen-bond acceptors (Lipinski definition) is 3. The molecule has 23 heavy (non-hydrogen) atoms. The van der Waals surface area contributed by atoms with Gasteiger partial charge in [0.1, 0.15) is 11.6 Å². The second-order valence-electron chi connectivity index (χ2n) is 5.06. The number of carbonyl (C=O) groups is 1. The number of anilines is 1. The number of thioether (sulfide) groups is 1. The topological polar surface area (TPSA) is 29.5 Å². The molecule has 0 fully saturated rings. The van der Waals surface area contributed by atoms with Crippen molar-refractivity contribution in [3.63, 3.8) is 0 Å². The highest BCUT2D eigenvalue weighted by Crippen LogP contribution is 2.36. The Hall–Kier alpha value is -1.72. The molecule has 1 heterocycles. The molecule has 2 aromatic rings. The third-order valence-electron chi connectivity index (χ3n) is 3.48. The summed E-state index contributed by atoms with van der Waals surface area (Å²) in [4.78, 5) is 15.3. The molecule has 0 saturated carbocycles. The lowest BCUT2D eigenvalue weighted by atomic mass is 10.2. The van der Waals surface area contributed by atoms with E-state index in [1.54, 1.807) is 28.8 Å². The second-order valence-corrected chi connectivity index (χ2v) is 6.63. The van der Waals surface area contributed by atoms with E-state index in [2.05, 4.69) is 0 Å². The molecule has 0 aromatic heterocycles. The fourth-order valence-electron chi connectivity index (χ4n) is 2.37. The summed E-state index contributed by atoms with van der Waals surface area (Å²) in [5.41, 5.74) is 0.862. The monoisotopic (exact) mass is 351 g/mol. The quantitative estimate of drug-likeness (QED) is 0.818. The van der Waals surface area contributed by atoms with Crippen LogP contribution in [0, 0.1) is 5.82 Å². The van der Waals surface area contributed by atoms with Crippen LogP contribution in [0.4, 0.5) is 10.1 Å². The Balaban J connectivity index is 1.61. The normalized spacial score (nSPS) is 13.6. The molecule has 0 N–H and O–H groups in total. The lowest BCUT2D eigenvalue weighted by Gasteiger charge is -2.29. The van der Waals surface area contributed by atoms with Crippen molar-refractivity contribution in [1.29, 1.82) is 0 Å². The van der Waals surface area contributed by atoms with Gasteiger partial charge in [-0.25, -0.2) is 4.39 Å². The molecule has 0 bridgehead atoms. The number of fused-ring (bicyclic) bond motifs is 1. The number of hydrogen-bond donors (Lipinski definition) is 0. The molecule has 0 atom stereocenters. The Morgan fingerprint density at radius 1 is 1.26 bits per heavy atom. The van der Waals surface area contributed by atoms with Gasteiger partial charge in [-0.15, -0.1) is 11.8 Å². The first-order valence-corrected chi connectivity index (χ1v) is 8.61. The van der Waals surface area contributed by atoms with Gasteiger partial charge in [-0.1, -0.05) is 11.6 Å². The van der Waals surface area contributed by atoms with E-state index < -0.39 is 0 Å². The van der Waals surface area contributed by atoms with E-state index in [0.29, 0.717) is 17.3 Å². The number of amides is 1. The van der Waals surface area contributed by atoms with Gasteiger partial charge < -0.3 is 9.64 Å². The van der Waals surface area contributed by atoms with Crippen molar-refractivity contribution in [2.75, 3.05) is 23.8 Å². The number of carbonyl (C=O) groups excluding carboxylic acids is 1. The van der Waals surface area contributed by atoms with Crippen LogP contribution in [0.25, 0.3) is 0 Å². The number of ether oxygens (including phenoxy) is 1. The molecule has 3 rings (SSSR count). The van der Waals surface area contributed by atoms with E-state index in [1.807, 2.05) is 18.2 Å². The first kappa shape index (κ1) is 16.1. The SMILES string of the molecule is O=C(CCOc1ccc(F)cc1)N1CCSc2ccc(Cl)cc21. The molecule has 0 aliphatic carbocycles. The summed E-state index contributed by atoms with van der Waals surface area (Å²) in [5.74, 6) is 1.10. The number of halogens is 2. The predicted octanol–water partition coefficient (Wildman–Crippen LogP) is 4.39. The molecular weight excluding hydrogens is 337 g/mol. The van der Waals surface area contributed by atoms with Gasteiger partial charge in [-0.05, 0) is 42.5 Å². The summed E-state index contributed by atoms with van der Waals surface area (Å²) in [6, 6.07) is 11.4. The molecule has 0 saturated heterocycles. The maximum absolute atomic E-state index is 12.8. The van der Waals surface area contributed by atoms with Crippen LogP contribution in [0.5, 0.6) is 5.75 Å². The second kappa shape index (κ2) is 7.23. The Morgan fingerprint density at radius 2 is 2.04 bits per heavy atom. The minimum Gasteiger partial charge on any atom is -0.493 e. The van der Waals surface area contributed by atoms with E-state index in [4.69, 9.17) is 16.3 Å². The molecule has 3 nitrogen and oxygen atoms in total. The van der Waals surface area contributed by atoms with Crippen molar-refractivity contribution in [2.24, 2.45) is 0 Å². The van der Waals surface area contributed by atoms with Crippen LogP contribution in [-0.4, -0.2) is 24.8 Å². The lowest BCUT2D eigenvalue weighted by Crippen LogP contribution is -2.36. The molecule has 0 spiro atoms. The van der Waals surface area contributed by atoms with Crippen LogP contribution in [0.2, 0.25) is 5.02 Å². The Morgan fingerprint density at radius 3 is 2.83 bits per heavy atom. The molecule has 2 aromatic carbocycles. The first-order chi connectivity index (χ1) is 11.1. The minimum atomic E-state index is -0.312. The van der Waals surface area contributed by atoms with Crippen LogP contribution in [0.1, 0.15) is 6.42 Å². The van der Waals surface area contributed by atoms with Crippen LogP contribution in [-0.2, 0) is 4.79 Å². The van der Waals surface area contributed by atoms with Gasteiger partial charge in [0.05, 0.1) is 18.7 Å². The molecule has 0 unspecified atom stereocenters. The summed E-state index contributed by atoms with van der Waals surface area (Å²) in [5, 5.41) is 0.617. The highest BCUT2D eigenvalue weighted by Gasteiger charge is 2.23. The maximum Gasteiger partial charge on any atom is 0.230 e. The van der Waals surface area contributed by atoms with E-state index in [0.717, 1.165) is 16.3 Å². The molecule has 6 heteroatoms. The van der Waals surface area contributed by atoms with Gasteiger partial charge >= 0.3 is 0 Å². The van der Waals surface area contributed by atoms with Crippen molar-refractivity contribution >= 4 is 35.0 Å². The molecular formula is C17H15ClFNO2S. The summed E-state index contributed by atoms with van der Waals surface area (Å²) in [6.07, 6.45) is 0.258. The predicted molar refractivity (Wildman–Crippen MR) is 91.0 cm³/mol. The average molecular weight is 352 g/mol. The van der Waals surface area contributed by atoms with E-state index >= 15 is 0 Å². The van der Waals surface area contributed by atoms with Gasteiger partial charge in [0.15, 0.2) is 0 Å². The summed E-state index contributed by atoms with van der Waals surface area (Å²) < 4.78 is 18.3. The van der Waals surface area contributed by atoms with Crippen LogP contribution >= 0.6 is 23.4 Å². The zero-order chi connectivity index (χ0) is 16.2. The van der Waals surface area contributed by atoms with Crippen molar-refractivity contribution in [3.05, 3.63) is 53.3 Å². The van der Waals surface area contributed by atoms with Crippen molar-refractivity contribution in [2.45, 2.75) is 11.3 Å². The first-order valence-electron chi connectivity index (χ1n) is 7.24. The van der Waals surface area contributed by atoms with Gasteiger partial charge in [0.25, 0.3) is 0 Å². The highest BCUT2D eigenvalue weighted by atomic mass is 35.5. The molecule has 1 aliphatic heterocycles. The standard InChI is InChI=1S/C17H15ClFNO2S/c18-12-1-6-16-15(11-12)20(8-10-23-16)17(21)7-9-22-14-4-2-13(19)3-5-14/h1-6,11H,7-10H2. The summed E-state index contributed by atoms with van der Waals surface area (Å²) in [7, 11) is 0. The third-order valence-corrected chi connectivity index (χ3v) is 4.76. The highest BCUT2D eigenvalue weighted by molar-refractivity contribution is 7.99. The van der Waals surface area contributed by atoms with E-state index in [1.165, 1.54) is 12.1 Å². The fourth-order valence-corrected chi connectivity index (χ4v) is 3.51. The Kier molecular flexibility index (Phi) is 5.08. The van der Waals surface area contributed by atoms with E-state index in [-0.39, 0.29) is 24.8 Å². The van der Waals surface area contributed by atoms with Crippen LogP contribution < -0.4 is 9.64 Å².